The molecule has 0 N–H and O–H groups in total. The molecule has 0 aliphatic carbocycles. The van der Waals surface area contributed by atoms with Crippen LogP contribution in [0.25, 0.3) is 0 Å². The van der Waals surface area contributed by atoms with Gasteiger partial charge in [-0.2, -0.15) is 0 Å². The van der Waals surface area contributed by atoms with E-state index in [9.17, 15) is 0 Å². The minimum Gasteiger partial charge on any atom is -0.530 e. The number of aryl methyl sites for hydroxylation is 1. The molecule has 0 unspecified atom stereocenters. The molecule has 1 heterocycles. The van der Waals surface area contributed by atoms with Crippen molar-refractivity contribution >= 4 is 19.7 Å². The Morgan fingerprint density at radius 2 is 1.93 bits per heavy atom. The Labute approximate surface area is 91.5 Å². The molecule has 4 heteroatoms. The van der Waals surface area contributed by atoms with Gasteiger partial charge >= 0.3 is 0 Å². The molecule has 2 nitrogen and oxygen atoms in total. The highest BCUT2D eigenvalue weighted by molar-refractivity contribution is 7.09. The van der Waals surface area contributed by atoms with Gasteiger partial charge < -0.3 is 4.43 Å². The molecule has 0 atom stereocenters. The lowest BCUT2D eigenvalue weighted by molar-refractivity contribution is 0.478. The van der Waals surface area contributed by atoms with Crippen LogP contribution < -0.4 is 4.43 Å². The molecule has 0 bridgehead atoms. The van der Waals surface area contributed by atoms with E-state index in [1.807, 2.05) is 12.3 Å². The highest BCUT2D eigenvalue weighted by Gasteiger charge is 2.39. The van der Waals surface area contributed by atoms with Crippen molar-refractivity contribution in [2.24, 2.45) is 0 Å². The van der Waals surface area contributed by atoms with Crippen LogP contribution in [0.15, 0.2) is 5.38 Å². The maximum absolute atomic E-state index is 6.03. The molecular weight excluding hydrogens is 210 g/mol. The predicted molar refractivity (Wildman–Crippen MR) is 64.7 cm³/mol. The molecular formula is C10H19NOSSi. The highest BCUT2D eigenvalue weighted by Crippen LogP contribution is 2.37. The van der Waals surface area contributed by atoms with Crippen molar-refractivity contribution in [3.05, 3.63) is 10.4 Å². The van der Waals surface area contributed by atoms with Gasteiger partial charge in [0.15, 0.2) is 0 Å². The average Bonchev–Trinajstić information content (AvgIpc) is 2.31. The van der Waals surface area contributed by atoms with Crippen LogP contribution in [-0.2, 0) is 0 Å². The summed E-state index contributed by atoms with van der Waals surface area (Å²) in [6.07, 6.45) is 0. The molecule has 0 aromatic carbocycles. The molecule has 1 rings (SSSR count). The number of aromatic nitrogens is 1. The molecule has 14 heavy (non-hydrogen) atoms. The molecule has 0 fully saturated rings. The van der Waals surface area contributed by atoms with Gasteiger partial charge in [-0.1, -0.05) is 20.8 Å². The molecule has 80 valence electrons. The molecule has 1 aromatic heterocycles. The van der Waals surface area contributed by atoms with Gasteiger partial charge in [0, 0.05) is 0 Å². The molecule has 0 spiro atoms. The van der Waals surface area contributed by atoms with E-state index in [4.69, 9.17) is 4.43 Å². The Morgan fingerprint density at radius 1 is 1.36 bits per heavy atom. The first-order valence-electron chi connectivity index (χ1n) is 4.83. The second-order valence-electron chi connectivity index (χ2n) is 5.07. The summed E-state index contributed by atoms with van der Waals surface area (Å²) < 4.78 is 6.03. The Bertz CT molecular complexity index is 314. The third kappa shape index (κ3) is 2.57. The highest BCUT2D eigenvalue weighted by atomic mass is 32.1. The van der Waals surface area contributed by atoms with Crippen LogP contribution in [-0.4, -0.2) is 13.3 Å². The van der Waals surface area contributed by atoms with Crippen LogP contribution in [0.4, 0.5) is 0 Å². The van der Waals surface area contributed by atoms with E-state index in [0.29, 0.717) is 0 Å². The summed E-state index contributed by atoms with van der Waals surface area (Å²) in [6, 6.07) is 0. The average molecular weight is 229 g/mol. The standard InChI is InChI=1S/C10H19NOSSi/c1-8-11-9(7-13-8)12-14(5,6)10(2,3)4/h7H,1-6H3. The minimum atomic E-state index is -1.69. The zero-order valence-corrected chi connectivity index (χ0v) is 11.7. The quantitative estimate of drug-likeness (QED) is 0.719. The van der Waals surface area contributed by atoms with Gasteiger partial charge in [0.1, 0.15) is 0 Å². The van der Waals surface area contributed by atoms with Gasteiger partial charge in [0.25, 0.3) is 8.32 Å². The van der Waals surface area contributed by atoms with E-state index in [-0.39, 0.29) is 5.04 Å². The number of thiazole rings is 1. The van der Waals surface area contributed by atoms with E-state index in [1.54, 1.807) is 11.3 Å². The van der Waals surface area contributed by atoms with E-state index in [2.05, 4.69) is 38.8 Å². The fourth-order valence-corrected chi connectivity index (χ4v) is 2.34. The second-order valence-corrected chi connectivity index (χ2v) is 10.9. The Kier molecular flexibility index (Phi) is 3.06. The van der Waals surface area contributed by atoms with Crippen molar-refractivity contribution in [3.63, 3.8) is 0 Å². The summed E-state index contributed by atoms with van der Waals surface area (Å²) in [7, 11) is -1.69. The second kappa shape index (κ2) is 3.66. The van der Waals surface area contributed by atoms with Gasteiger partial charge in [-0.05, 0) is 25.1 Å². The van der Waals surface area contributed by atoms with Crippen molar-refractivity contribution in [2.45, 2.75) is 45.8 Å². The van der Waals surface area contributed by atoms with Gasteiger partial charge in [-0.25, -0.2) is 4.98 Å². The Morgan fingerprint density at radius 3 is 2.29 bits per heavy atom. The van der Waals surface area contributed by atoms with Crippen LogP contribution in [0, 0.1) is 6.92 Å². The summed E-state index contributed by atoms with van der Waals surface area (Å²) >= 11 is 1.64. The number of hydrogen-bond acceptors (Lipinski definition) is 3. The van der Waals surface area contributed by atoms with E-state index < -0.39 is 8.32 Å². The number of hydrogen-bond donors (Lipinski definition) is 0. The molecule has 0 saturated heterocycles. The largest absolute Gasteiger partial charge is 0.530 e. The summed E-state index contributed by atoms with van der Waals surface area (Å²) in [5, 5.41) is 3.30. The van der Waals surface area contributed by atoms with Crippen molar-refractivity contribution in [3.8, 4) is 5.88 Å². The van der Waals surface area contributed by atoms with Gasteiger partial charge in [-0.3, -0.25) is 0 Å². The van der Waals surface area contributed by atoms with Crippen molar-refractivity contribution in [2.75, 3.05) is 0 Å². The first kappa shape index (κ1) is 11.7. The first-order chi connectivity index (χ1) is 6.22. The first-order valence-corrected chi connectivity index (χ1v) is 8.62. The van der Waals surface area contributed by atoms with Crippen LogP contribution in [0.3, 0.4) is 0 Å². The number of rotatable bonds is 2. The fraction of sp³-hybridized carbons (Fsp3) is 0.700. The lowest BCUT2D eigenvalue weighted by atomic mass is 10.2. The maximum Gasteiger partial charge on any atom is 0.252 e. The Hall–Kier alpha value is -0.353. The van der Waals surface area contributed by atoms with Crippen LogP contribution in [0.5, 0.6) is 5.88 Å². The molecule has 0 amide bonds. The molecule has 1 aromatic rings. The van der Waals surface area contributed by atoms with Gasteiger partial charge in [0.05, 0.1) is 10.4 Å². The van der Waals surface area contributed by atoms with Crippen LogP contribution in [0.1, 0.15) is 25.8 Å². The maximum atomic E-state index is 6.03. The molecule has 0 radical (unpaired) electrons. The third-order valence-electron chi connectivity index (χ3n) is 2.76. The summed E-state index contributed by atoms with van der Waals surface area (Å²) in [5.74, 6) is 0.805. The fourth-order valence-electron chi connectivity index (χ4n) is 0.805. The van der Waals surface area contributed by atoms with Crippen molar-refractivity contribution < 1.29 is 4.43 Å². The topological polar surface area (TPSA) is 22.1 Å². The summed E-state index contributed by atoms with van der Waals surface area (Å²) in [6.45, 7) is 13.2. The zero-order valence-electron chi connectivity index (χ0n) is 9.84. The van der Waals surface area contributed by atoms with Crippen molar-refractivity contribution in [1.82, 2.24) is 4.98 Å². The van der Waals surface area contributed by atoms with E-state index >= 15 is 0 Å². The minimum absolute atomic E-state index is 0.241. The lowest BCUT2D eigenvalue weighted by Crippen LogP contribution is -2.43. The normalized spacial score (nSPS) is 13.0. The summed E-state index contributed by atoms with van der Waals surface area (Å²) in [5.41, 5.74) is 0. The van der Waals surface area contributed by atoms with Gasteiger partial charge in [0.2, 0.25) is 5.88 Å². The SMILES string of the molecule is Cc1nc(O[Si](C)(C)C(C)(C)C)cs1. The monoisotopic (exact) mass is 229 g/mol. The lowest BCUT2D eigenvalue weighted by Gasteiger charge is -2.35. The van der Waals surface area contributed by atoms with Crippen molar-refractivity contribution in [1.29, 1.82) is 0 Å². The van der Waals surface area contributed by atoms with E-state index in [0.717, 1.165) is 10.9 Å². The van der Waals surface area contributed by atoms with Crippen LogP contribution >= 0.6 is 11.3 Å². The third-order valence-corrected chi connectivity index (χ3v) is 7.85. The smallest absolute Gasteiger partial charge is 0.252 e. The molecule has 0 saturated carbocycles. The molecule has 0 aliphatic rings. The molecule has 0 aliphatic heterocycles. The zero-order chi connectivity index (χ0) is 11.0. The van der Waals surface area contributed by atoms with Crippen LogP contribution in [0.2, 0.25) is 18.1 Å². The van der Waals surface area contributed by atoms with Gasteiger partial charge in [-0.15, -0.1) is 11.3 Å². The predicted octanol–water partition coefficient (Wildman–Crippen LogP) is 3.84. The summed E-state index contributed by atoms with van der Waals surface area (Å²) in [4.78, 5) is 4.34. The number of nitrogens with zero attached hydrogens (tertiary/aromatic N) is 1. The Balaban J connectivity index is 2.78. The van der Waals surface area contributed by atoms with E-state index in [1.165, 1.54) is 0 Å².